The number of methoxy groups -OCH3 is 1. The number of rotatable bonds is 4. The molecule has 2 heteroatoms. The first-order chi connectivity index (χ1) is 6.80. The molecule has 2 N–H and O–H groups in total. The van der Waals surface area contributed by atoms with Gasteiger partial charge in [-0.3, -0.25) is 0 Å². The number of ether oxygens (including phenoxy) is 1. The summed E-state index contributed by atoms with van der Waals surface area (Å²) < 4.78 is 5.27. The zero-order valence-corrected chi connectivity index (χ0v) is 8.62. The first-order valence-electron chi connectivity index (χ1n) is 5.09. The van der Waals surface area contributed by atoms with Crippen molar-refractivity contribution < 1.29 is 4.74 Å². The summed E-state index contributed by atoms with van der Waals surface area (Å²) in [5.41, 5.74) is 8.53. The van der Waals surface area contributed by atoms with Crippen molar-refractivity contribution in [2.75, 3.05) is 13.7 Å². The normalized spacial score (nSPS) is 18.1. The highest BCUT2D eigenvalue weighted by molar-refractivity contribution is 5.34. The Kier molecular flexibility index (Phi) is 2.57. The minimum Gasteiger partial charge on any atom is -0.384 e. The fourth-order valence-electron chi connectivity index (χ4n) is 1.97. The van der Waals surface area contributed by atoms with E-state index in [1.54, 1.807) is 7.11 Å². The Bertz CT molecular complexity index is 318. The number of hydrogen-bond donors (Lipinski definition) is 1. The predicted molar refractivity (Wildman–Crippen MR) is 57.1 cm³/mol. The second-order valence-corrected chi connectivity index (χ2v) is 4.12. The maximum absolute atomic E-state index is 5.63. The van der Waals surface area contributed by atoms with Gasteiger partial charge in [0.1, 0.15) is 0 Å². The molecule has 1 aliphatic rings. The highest BCUT2D eigenvalue weighted by atomic mass is 16.5. The van der Waals surface area contributed by atoms with Gasteiger partial charge in [0.2, 0.25) is 0 Å². The van der Waals surface area contributed by atoms with E-state index in [-0.39, 0.29) is 0 Å². The van der Waals surface area contributed by atoms with E-state index in [1.165, 1.54) is 24.0 Å². The molecule has 0 amide bonds. The van der Waals surface area contributed by atoms with Gasteiger partial charge < -0.3 is 10.5 Å². The van der Waals surface area contributed by atoms with Crippen LogP contribution in [0.5, 0.6) is 0 Å². The van der Waals surface area contributed by atoms with Crippen molar-refractivity contribution in [3.8, 4) is 0 Å². The van der Waals surface area contributed by atoms with Gasteiger partial charge in [-0.05, 0) is 24.0 Å². The summed E-state index contributed by atoms with van der Waals surface area (Å²) in [6, 6.07) is 8.57. The van der Waals surface area contributed by atoms with Gasteiger partial charge in [0.05, 0.1) is 6.61 Å². The van der Waals surface area contributed by atoms with Crippen molar-refractivity contribution in [2.24, 2.45) is 5.73 Å². The molecule has 14 heavy (non-hydrogen) atoms. The lowest BCUT2D eigenvalue weighted by molar-refractivity contribution is 0.171. The van der Waals surface area contributed by atoms with Crippen LogP contribution in [0.3, 0.4) is 0 Å². The molecule has 1 aromatic carbocycles. The zero-order chi connectivity index (χ0) is 10.0. The second kappa shape index (κ2) is 3.71. The van der Waals surface area contributed by atoms with Crippen molar-refractivity contribution in [2.45, 2.75) is 24.8 Å². The molecule has 0 bridgehead atoms. The quantitative estimate of drug-likeness (QED) is 0.788. The third-order valence-electron chi connectivity index (χ3n) is 3.05. The molecule has 2 rings (SSSR count). The summed E-state index contributed by atoms with van der Waals surface area (Å²) in [6.07, 6.45) is 2.49. The molecule has 0 unspecified atom stereocenters. The van der Waals surface area contributed by atoms with Crippen LogP contribution in [0.2, 0.25) is 0 Å². The van der Waals surface area contributed by atoms with Gasteiger partial charge in [-0.25, -0.2) is 0 Å². The lowest BCUT2D eigenvalue weighted by Crippen LogP contribution is -2.14. The molecule has 2 nitrogen and oxygen atoms in total. The van der Waals surface area contributed by atoms with E-state index in [2.05, 4.69) is 24.3 Å². The van der Waals surface area contributed by atoms with Crippen molar-refractivity contribution in [3.63, 3.8) is 0 Å². The van der Waals surface area contributed by atoms with E-state index in [0.29, 0.717) is 12.0 Å². The Hall–Kier alpha value is -0.860. The summed E-state index contributed by atoms with van der Waals surface area (Å²) in [4.78, 5) is 0. The maximum atomic E-state index is 5.63. The Labute approximate surface area is 85.1 Å². The second-order valence-electron chi connectivity index (χ2n) is 4.12. The number of benzene rings is 1. The average molecular weight is 191 g/mol. The molecule has 1 aromatic rings. The molecule has 0 aliphatic heterocycles. The van der Waals surface area contributed by atoms with Gasteiger partial charge in [0.15, 0.2) is 0 Å². The fraction of sp³-hybridized carbons (Fsp3) is 0.500. The Balaban J connectivity index is 2.23. The molecule has 0 atom stereocenters. The lowest BCUT2D eigenvalue weighted by atomic mass is 9.95. The van der Waals surface area contributed by atoms with Crippen LogP contribution in [-0.2, 0) is 16.7 Å². The van der Waals surface area contributed by atoms with Crippen molar-refractivity contribution in [1.29, 1.82) is 0 Å². The average Bonchev–Trinajstić information content (AvgIpc) is 3.00. The lowest BCUT2D eigenvalue weighted by Gasteiger charge is -2.15. The molecular weight excluding hydrogens is 174 g/mol. The van der Waals surface area contributed by atoms with Crippen LogP contribution >= 0.6 is 0 Å². The fourth-order valence-corrected chi connectivity index (χ4v) is 1.97. The SMILES string of the molecule is COCC1(c2cccc(CN)c2)CC1. The van der Waals surface area contributed by atoms with Gasteiger partial charge >= 0.3 is 0 Å². The largest absolute Gasteiger partial charge is 0.384 e. The standard InChI is InChI=1S/C12H17NO/c1-14-9-12(5-6-12)11-4-2-3-10(7-11)8-13/h2-4,7H,5-6,8-9,13H2,1H3. The Morgan fingerprint density at radius 2 is 2.21 bits per heavy atom. The van der Waals surface area contributed by atoms with Crippen molar-refractivity contribution in [3.05, 3.63) is 35.4 Å². The van der Waals surface area contributed by atoms with Gasteiger partial charge in [-0.2, -0.15) is 0 Å². The Morgan fingerprint density at radius 3 is 2.79 bits per heavy atom. The molecule has 1 aliphatic carbocycles. The zero-order valence-electron chi connectivity index (χ0n) is 8.62. The molecular formula is C12H17NO. The van der Waals surface area contributed by atoms with E-state index in [1.807, 2.05) is 0 Å². The van der Waals surface area contributed by atoms with Crippen LogP contribution in [0.15, 0.2) is 24.3 Å². The summed E-state index contributed by atoms with van der Waals surface area (Å²) >= 11 is 0. The first-order valence-corrected chi connectivity index (χ1v) is 5.09. The molecule has 0 spiro atoms. The predicted octanol–water partition coefficient (Wildman–Crippen LogP) is 1.82. The summed E-state index contributed by atoms with van der Waals surface area (Å²) in [5, 5.41) is 0. The topological polar surface area (TPSA) is 35.2 Å². The van der Waals surface area contributed by atoms with Gasteiger partial charge in [-0.15, -0.1) is 0 Å². The van der Waals surface area contributed by atoms with Crippen LogP contribution in [0.25, 0.3) is 0 Å². The molecule has 0 aromatic heterocycles. The molecule has 1 fully saturated rings. The number of nitrogens with two attached hydrogens (primary N) is 1. The molecule has 1 saturated carbocycles. The van der Waals surface area contributed by atoms with E-state index in [9.17, 15) is 0 Å². The van der Waals surface area contributed by atoms with Crippen molar-refractivity contribution in [1.82, 2.24) is 0 Å². The molecule has 0 heterocycles. The van der Waals surface area contributed by atoms with Gasteiger partial charge in [-0.1, -0.05) is 24.3 Å². The minimum absolute atomic E-state index is 0.305. The van der Waals surface area contributed by atoms with E-state index in [4.69, 9.17) is 10.5 Å². The third-order valence-corrected chi connectivity index (χ3v) is 3.05. The van der Waals surface area contributed by atoms with Crippen LogP contribution in [0.1, 0.15) is 24.0 Å². The van der Waals surface area contributed by atoms with Crippen LogP contribution in [0, 0.1) is 0 Å². The van der Waals surface area contributed by atoms with Crippen LogP contribution in [0.4, 0.5) is 0 Å². The molecule has 0 radical (unpaired) electrons. The van der Waals surface area contributed by atoms with Crippen LogP contribution < -0.4 is 5.73 Å². The smallest absolute Gasteiger partial charge is 0.0559 e. The third kappa shape index (κ3) is 1.68. The number of hydrogen-bond acceptors (Lipinski definition) is 2. The minimum atomic E-state index is 0.305. The van der Waals surface area contributed by atoms with E-state index in [0.717, 1.165) is 6.61 Å². The molecule has 76 valence electrons. The molecule has 0 saturated heterocycles. The van der Waals surface area contributed by atoms with Crippen LogP contribution in [-0.4, -0.2) is 13.7 Å². The monoisotopic (exact) mass is 191 g/mol. The van der Waals surface area contributed by atoms with E-state index >= 15 is 0 Å². The van der Waals surface area contributed by atoms with Gasteiger partial charge in [0, 0.05) is 19.1 Å². The summed E-state index contributed by atoms with van der Waals surface area (Å²) in [6.45, 7) is 1.46. The van der Waals surface area contributed by atoms with Gasteiger partial charge in [0.25, 0.3) is 0 Å². The van der Waals surface area contributed by atoms with Crippen molar-refractivity contribution >= 4 is 0 Å². The summed E-state index contributed by atoms with van der Waals surface area (Å²) in [5.74, 6) is 0. The highest BCUT2D eigenvalue weighted by Gasteiger charge is 2.44. The highest BCUT2D eigenvalue weighted by Crippen LogP contribution is 2.48. The first kappa shape index (κ1) is 9.69. The Morgan fingerprint density at radius 1 is 1.43 bits per heavy atom. The maximum Gasteiger partial charge on any atom is 0.0559 e. The van der Waals surface area contributed by atoms with E-state index < -0.39 is 0 Å². The summed E-state index contributed by atoms with van der Waals surface area (Å²) in [7, 11) is 1.77.